The smallest absolute Gasteiger partial charge is 0.0980 e. The van der Waals surface area contributed by atoms with Crippen LogP contribution in [-0.2, 0) is 0 Å². The van der Waals surface area contributed by atoms with E-state index in [2.05, 4.69) is 37.2 Å². The Morgan fingerprint density at radius 1 is 1.21 bits per heavy atom. The first kappa shape index (κ1) is 11.2. The summed E-state index contributed by atoms with van der Waals surface area (Å²) in [6.45, 7) is 16.7. The molecule has 80 valence electrons. The van der Waals surface area contributed by atoms with Gasteiger partial charge in [-0.15, -0.1) is 0 Å². The van der Waals surface area contributed by atoms with Crippen LogP contribution in [0.1, 0.15) is 33.6 Å². The van der Waals surface area contributed by atoms with E-state index in [0.717, 1.165) is 24.6 Å². The Morgan fingerprint density at radius 3 is 2.14 bits per heavy atom. The molecule has 0 spiro atoms. The molecule has 0 saturated carbocycles. The van der Waals surface area contributed by atoms with Gasteiger partial charge in [0.05, 0.1) is 5.82 Å². The first-order chi connectivity index (χ1) is 6.41. The normalized spacial score (nSPS) is 20.4. The van der Waals surface area contributed by atoms with Crippen molar-refractivity contribution in [1.29, 1.82) is 0 Å². The predicted octanol–water partition coefficient (Wildman–Crippen LogP) is 2.70. The zero-order valence-corrected chi connectivity index (χ0v) is 9.69. The molecule has 1 heterocycles. The maximum Gasteiger partial charge on any atom is 0.0980 e. The fraction of sp³-hybridized carbons (Fsp3) is 0.667. The van der Waals surface area contributed by atoms with Crippen LogP contribution in [0.3, 0.4) is 0 Å². The molecule has 1 aliphatic heterocycles. The summed E-state index contributed by atoms with van der Waals surface area (Å²) in [6, 6.07) is 0. The van der Waals surface area contributed by atoms with Crippen LogP contribution in [0, 0.1) is 5.41 Å². The molecule has 2 heteroatoms. The number of nitrogens with zero attached hydrogens (tertiary/aromatic N) is 1. The van der Waals surface area contributed by atoms with E-state index in [0.29, 0.717) is 5.41 Å². The molecule has 14 heavy (non-hydrogen) atoms. The van der Waals surface area contributed by atoms with Crippen LogP contribution < -0.4 is 5.32 Å². The van der Waals surface area contributed by atoms with Gasteiger partial charge in [0.2, 0.25) is 0 Å². The minimum atomic E-state index is 0.500. The van der Waals surface area contributed by atoms with E-state index in [1.807, 2.05) is 6.92 Å². The van der Waals surface area contributed by atoms with Crippen LogP contribution >= 0.6 is 0 Å². The lowest BCUT2D eigenvalue weighted by molar-refractivity contribution is 0.157. The van der Waals surface area contributed by atoms with Crippen molar-refractivity contribution in [2.75, 3.05) is 13.1 Å². The molecular formula is C12H22N2. The van der Waals surface area contributed by atoms with Crippen molar-refractivity contribution in [3.8, 4) is 0 Å². The third kappa shape index (κ3) is 3.09. The van der Waals surface area contributed by atoms with Gasteiger partial charge >= 0.3 is 0 Å². The average Bonchev–Trinajstić information content (AvgIpc) is 2.02. The van der Waals surface area contributed by atoms with E-state index < -0.39 is 0 Å². The lowest BCUT2D eigenvalue weighted by Crippen LogP contribution is -2.39. The maximum absolute atomic E-state index is 4.02. The second-order valence-electron chi connectivity index (χ2n) is 5.00. The zero-order chi connectivity index (χ0) is 10.8. The van der Waals surface area contributed by atoms with Crippen LogP contribution in [0.25, 0.3) is 0 Å². The minimum Gasteiger partial charge on any atom is -0.359 e. The molecule has 0 bridgehead atoms. The van der Waals surface area contributed by atoms with Gasteiger partial charge in [-0.1, -0.05) is 27.0 Å². The molecule has 1 saturated heterocycles. The van der Waals surface area contributed by atoms with Gasteiger partial charge in [-0.3, -0.25) is 0 Å². The largest absolute Gasteiger partial charge is 0.359 e. The van der Waals surface area contributed by atoms with Gasteiger partial charge in [-0.25, -0.2) is 0 Å². The topological polar surface area (TPSA) is 15.3 Å². The number of piperidine rings is 1. The molecule has 1 aliphatic rings. The Labute approximate surface area is 87.7 Å². The summed E-state index contributed by atoms with van der Waals surface area (Å²) < 4.78 is 0. The second kappa shape index (κ2) is 4.07. The van der Waals surface area contributed by atoms with Gasteiger partial charge in [-0.05, 0) is 25.2 Å². The number of allylic oxidation sites excluding steroid dienone is 1. The van der Waals surface area contributed by atoms with Gasteiger partial charge in [0, 0.05) is 18.8 Å². The number of hydrogen-bond donors (Lipinski definition) is 1. The number of likely N-dealkylation sites (tertiary alicyclic amines) is 1. The molecule has 1 N–H and O–H groups in total. The highest BCUT2D eigenvalue weighted by Gasteiger charge is 2.25. The van der Waals surface area contributed by atoms with Gasteiger partial charge in [-0.2, -0.15) is 0 Å². The van der Waals surface area contributed by atoms with E-state index in [9.17, 15) is 0 Å². The summed E-state index contributed by atoms with van der Waals surface area (Å²) in [4.78, 5) is 2.31. The van der Waals surface area contributed by atoms with Gasteiger partial charge in [0.25, 0.3) is 0 Å². The Bertz CT molecular complexity index is 231. The third-order valence-electron chi connectivity index (χ3n) is 2.86. The van der Waals surface area contributed by atoms with Crippen molar-refractivity contribution in [3.05, 3.63) is 24.7 Å². The molecule has 1 fully saturated rings. The van der Waals surface area contributed by atoms with E-state index in [1.54, 1.807) is 0 Å². The van der Waals surface area contributed by atoms with E-state index in [1.165, 1.54) is 12.8 Å². The Kier molecular flexibility index (Phi) is 3.25. The molecule has 0 aliphatic carbocycles. The van der Waals surface area contributed by atoms with Gasteiger partial charge in [0.1, 0.15) is 0 Å². The summed E-state index contributed by atoms with van der Waals surface area (Å²) in [6.07, 6.45) is 2.48. The van der Waals surface area contributed by atoms with Crippen molar-refractivity contribution >= 4 is 0 Å². The van der Waals surface area contributed by atoms with Crippen molar-refractivity contribution in [2.24, 2.45) is 5.41 Å². The van der Waals surface area contributed by atoms with E-state index in [-0.39, 0.29) is 0 Å². The van der Waals surface area contributed by atoms with E-state index >= 15 is 0 Å². The predicted molar refractivity (Wildman–Crippen MR) is 61.7 cm³/mol. The Balaban J connectivity index is 2.42. The first-order valence-corrected chi connectivity index (χ1v) is 5.27. The molecule has 1 rings (SSSR count). The SMILES string of the molecule is C=C(C)NC(=C)N1CCC(C)(C)CC1. The molecule has 2 nitrogen and oxygen atoms in total. The summed E-state index contributed by atoms with van der Waals surface area (Å²) in [7, 11) is 0. The monoisotopic (exact) mass is 194 g/mol. The Hall–Kier alpha value is -0.920. The molecule has 0 aromatic rings. The summed E-state index contributed by atoms with van der Waals surface area (Å²) in [5, 5.41) is 3.18. The van der Waals surface area contributed by atoms with Crippen molar-refractivity contribution in [2.45, 2.75) is 33.6 Å². The molecular weight excluding hydrogens is 172 g/mol. The molecule has 0 aromatic heterocycles. The summed E-state index contributed by atoms with van der Waals surface area (Å²) in [5.41, 5.74) is 1.46. The Morgan fingerprint density at radius 2 is 1.71 bits per heavy atom. The lowest BCUT2D eigenvalue weighted by Gasteiger charge is -2.39. The van der Waals surface area contributed by atoms with Crippen LogP contribution in [0.5, 0.6) is 0 Å². The quantitative estimate of drug-likeness (QED) is 0.743. The molecule has 0 amide bonds. The lowest BCUT2D eigenvalue weighted by atomic mass is 9.83. The van der Waals surface area contributed by atoms with Gasteiger partial charge < -0.3 is 10.2 Å². The second-order valence-corrected chi connectivity index (χ2v) is 5.00. The highest BCUT2D eigenvalue weighted by molar-refractivity contribution is 5.03. The molecule has 0 radical (unpaired) electrons. The standard InChI is InChI=1S/C12H22N2/c1-10(2)13-11(3)14-8-6-12(4,5)7-9-14/h13H,1,3,6-9H2,2,4-5H3. The molecule has 0 aromatic carbocycles. The summed E-state index contributed by atoms with van der Waals surface area (Å²) >= 11 is 0. The van der Waals surface area contributed by atoms with Crippen LogP contribution in [0.2, 0.25) is 0 Å². The van der Waals surface area contributed by atoms with Gasteiger partial charge in [0.15, 0.2) is 0 Å². The highest BCUT2D eigenvalue weighted by atomic mass is 15.2. The third-order valence-corrected chi connectivity index (χ3v) is 2.86. The van der Waals surface area contributed by atoms with Crippen LogP contribution in [0.15, 0.2) is 24.7 Å². The van der Waals surface area contributed by atoms with Crippen LogP contribution in [-0.4, -0.2) is 18.0 Å². The maximum atomic E-state index is 4.02. The fourth-order valence-corrected chi connectivity index (χ4v) is 1.71. The fourth-order valence-electron chi connectivity index (χ4n) is 1.71. The zero-order valence-electron chi connectivity index (χ0n) is 9.69. The first-order valence-electron chi connectivity index (χ1n) is 5.27. The van der Waals surface area contributed by atoms with E-state index in [4.69, 9.17) is 0 Å². The highest BCUT2D eigenvalue weighted by Crippen LogP contribution is 2.30. The van der Waals surface area contributed by atoms with Crippen molar-refractivity contribution < 1.29 is 0 Å². The molecule has 0 atom stereocenters. The van der Waals surface area contributed by atoms with Crippen LogP contribution in [0.4, 0.5) is 0 Å². The minimum absolute atomic E-state index is 0.500. The van der Waals surface area contributed by atoms with Crippen molar-refractivity contribution in [1.82, 2.24) is 10.2 Å². The van der Waals surface area contributed by atoms with Crippen molar-refractivity contribution in [3.63, 3.8) is 0 Å². The average molecular weight is 194 g/mol. The number of hydrogen-bond acceptors (Lipinski definition) is 2. The molecule has 0 unspecified atom stereocenters. The summed E-state index contributed by atoms with van der Waals surface area (Å²) in [5.74, 6) is 0.994. The number of nitrogens with one attached hydrogen (secondary N) is 1. The number of rotatable bonds is 3.